The molecule has 0 bridgehead atoms. The zero-order valence-electron chi connectivity index (χ0n) is 14.8. The molecule has 2 aliphatic heterocycles. The van der Waals surface area contributed by atoms with Crippen LogP contribution in [0.4, 0.5) is 11.4 Å². The Balaban J connectivity index is 1.85. The first-order valence-corrected chi connectivity index (χ1v) is 9.49. The summed E-state index contributed by atoms with van der Waals surface area (Å²) in [6.45, 7) is 3.20. The monoisotopic (exact) mass is 345 g/mol. The first-order chi connectivity index (χ1) is 12.2. The lowest BCUT2D eigenvalue weighted by molar-refractivity contribution is -0.384. The quantitative estimate of drug-likeness (QED) is 0.613. The van der Waals surface area contributed by atoms with Crippen LogP contribution in [0, 0.1) is 10.1 Å². The summed E-state index contributed by atoms with van der Waals surface area (Å²) >= 11 is 0. The van der Waals surface area contributed by atoms with Crippen molar-refractivity contribution in [2.75, 3.05) is 31.1 Å². The standard InChI is InChI=1S/C19H27N3O3/c23-19(21-13-7-3-4-8-14-21)16-9-10-17(18(15-16)22(24)25)20-11-5-1-2-6-12-20/h9-10,15H,1-8,11-14H2. The minimum absolute atomic E-state index is 0.0579. The van der Waals surface area contributed by atoms with E-state index in [0.29, 0.717) is 11.3 Å². The van der Waals surface area contributed by atoms with Crippen molar-refractivity contribution < 1.29 is 9.72 Å². The van der Waals surface area contributed by atoms with Crippen molar-refractivity contribution >= 4 is 17.3 Å². The topological polar surface area (TPSA) is 66.7 Å². The first-order valence-electron chi connectivity index (χ1n) is 9.49. The molecule has 0 saturated carbocycles. The average Bonchev–Trinajstić information content (AvgIpc) is 3.05. The third-order valence-corrected chi connectivity index (χ3v) is 5.26. The van der Waals surface area contributed by atoms with Crippen LogP contribution >= 0.6 is 0 Å². The Kier molecular flexibility index (Phi) is 5.89. The number of nitro benzene ring substituents is 1. The molecule has 0 radical (unpaired) electrons. The molecule has 6 nitrogen and oxygen atoms in total. The molecule has 0 aliphatic carbocycles. The zero-order chi connectivity index (χ0) is 17.6. The Morgan fingerprint density at radius 2 is 1.44 bits per heavy atom. The molecule has 3 rings (SSSR count). The third kappa shape index (κ3) is 4.30. The van der Waals surface area contributed by atoms with Gasteiger partial charge in [0.05, 0.1) is 4.92 Å². The molecule has 0 atom stereocenters. The van der Waals surface area contributed by atoms with E-state index < -0.39 is 0 Å². The second-order valence-electron chi connectivity index (χ2n) is 7.07. The first kappa shape index (κ1) is 17.7. The molecule has 0 unspecified atom stereocenters. The van der Waals surface area contributed by atoms with Gasteiger partial charge >= 0.3 is 0 Å². The van der Waals surface area contributed by atoms with Gasteiger partial charge in [-0.25, -0.2) is 0 Å². The number of carbonyl (C=O) groups is 1. The van der Waals surface area contributed by atoms with Gasteiger partial charge in [0.15, 0.2) is 0 Å². The summed E-state index contributed by atoms with van der Waals surface area (Å²) in [4.78, 5) is 28.0. The van der Waals surface area contributed by atoms with Crippen LogP contribution in [0.1, 0.15) is 61.7 Å². The number of rotatable bonds is 3. The molecule has 2 heterocycles. The van der Waals surface area contributed by atoms with Gasteiger partial charge in [-0.1, -0.05) is 25.7 Å². The molecule has 2 fully saturated rings. The Morgan fingerprint density at radius 1 is 0.880 bits per heavy atom. The molecule has 1 amide bonds. The molecule has 1 aromatic carbocycles. The maximum absolute atomic E-state index is 12.8. The molecular weight excluding hydrogens is 318 g/mol. The fraction of sp³-hybridized carbons (Fsp3) is 0.632. The lowest BCUT2D eigenvalue weighted by Gasteiger charge is -2.24. The van der Waals surface area contributed by atoms with Crippen LogP contribution in [0.5, 0.6) is 0 Å². The highest BCUT2D eigenvalue weighted by atomic mass is 16.6. The van der Waals surface area contributed by atoms with Gasteiger partial charge in [-0.05, 0) is 37.8 Å². The summed E-state index contributed by atoms with van der Waals surface area (Å²) in [5, 5.41) is 11.6. The average molecular weight is 345 g/mol. The number of hydrogen-bond acceptors (Lipinski definition) is 4. The molecule has 136 valence electrons. The molecule has 2 aliphatic rings. The number of hydrogen-bond donors (Lipinski definition) is 0. The maximum atomic E-state index is 12.8. The van der Waals surface area contributed by atoms with Gasteiger partial charge in [0, 0.05) is 37.8 Å². The lowest BCUT2D eigenvalue weighted by Crippen LogP contribution is -2.32. The van der Waals surface area contributed by atoms with Gasteiger partial charge in [-0.2, -0.15) is 0 Å². The van der Waals surface area contributed by atoms with E-state index in [1.807, 2.05) is 4.90 Å². The van der Waals surface area contributed by atoms with Gasteiger partial charge in [0.1, 0.15) is 5.69 Å². The Labute approximate surface area is 148 Å². The molecule has 1 aromatic rings. The molecule has 0 aromatic heterocycles. The van der Waals surface area contributed by atoms with E-state index in [-0.39, 0.29) is 16.5 Å². The smallest absolute Gasteiger partial charge is 0.293 e. The van der Waals surface area contributed by atoms with Crippen LogP contribution in [-0.2, 0) is 0 Å². The Hall–Kier alpha value is -2.11. The van der Waals surface area contributed by atoms with Gasteiger partial charge in [-0.3, -0.25) is 14.9 Å². The summed E-state index contributed by atoms with van der Waals surface area (Å²) in [5.41, 5.74) is 1.15. The molecule has 0 N–H and O–H groups in total. The fourth-order valence-corrected chi connectivity index (χ4v) is 3.84. The predicted molar refractivity (Wildman–Crippen MR) is 98.1 cm³/mol. The number of nitro groups is 1. The van der Waals surface area contributed by atoms with Crippen molar-refractivity contribution in [3.8, 4) is 0 Å². The van der Waals surface area contributed by atoms with Crippen LogP contribution < -0.4 is 4.90 Å². The molecule has 2 saturated heterocycles. The number of amides is 1. The number of benzene rings is 1. The van der Waals surface area contributed by atoms with E-state index in [1.165, 1.54) is 18.9 Å². The van der Waals surface area contributed by atoms with Crippen LogP contribution in [-0.4, -0.2) is 41.9 Å². The number of nitrogens with zero attached hydrogens (tertiary/aromatic N) is 3. The summed E-state index contributed by atoms with van der Waals surface area (Å²) < 4.78 is 0. The largest absolute Gasteiger partial charge is 0.366 e. The van der Waals surface area contributed by atoms with Crippen molar-refractivity contribution in [2.45, 2.75) is 51.4 Å². The minimum atomic E-state index is -0.348. The van der Waals surface area contributed by atoms with E-state index in [1.54, 1.807) is 12.1 Å². The highest BCUT2D eigenvalue weighted by Gasteiger charge is 2.24. The van der Waals surface area contributed by atoms with E-state index >= 15 is 0 Å². The van der Waals surface area contributed by atoms with E-state index in [4.69, 9.17) is 0 Å². The van der Waals surface area contributed by atoms with Crippen molar-refractivity contribution in [3.05, 3.63) is 33.9 Å². The van der Waals surface area contributed by atoms with Crippen molar-refractivity contribution in [1.82, 2.24) is 4.90 Å². The van der Waals surface area contributed by atoms with Crippen molar-refractivity contribution in [1.29, 1.82) is 0 Å². The van der Waals surface area contributed by atoms with Crippen LogP contribution in [0.2, 0.25) is 0 Å². The van der Waals surface area contributed by atoms with Crippen LogP contribution in [0.25, 0.3) is 0 Å². The second-order valence-corrected chi connectivity index (χ2v) is 7.07. The summed E-state index contributed by atoms with van der Waals surface area (Å²) in [5.74, 6) is -0.0765. The normalized spacial score (nSPS) is 19.2. The molecule has 25 heavy (non-hydrogen) atoms. The van der Waals surface area contributed by atoms with Crippen molar-refractivity contribution in [2.24, 2.45) is 0 Å². The highest BCUT2D eigenvalue weighted by Crippen LogP contribution is 2.31. The molecule has 6 heteroatoms. The predicted octanol–water partition coefficient (Wildman–Crippen LogP) is 3.99. The zero-order valence-corrected chi connectivity index (χ0v) is 14.8. The van der Waals surface area contributed by atoms with Gasteiger partial charge in [0.25, 0.3) is 11.6 Å². The van der Waals surface area contributed by atoms with Gasteiger partial charge < -0.3 is 9.80 Å². The number of likely N-dealkylation sites (tertiary alicyclic amines) is 1. The van der Waals surface area contributed by atoms with Gasteiger partial charge in [0.2, 0.25) is 0 Å². The highest BCUT2D eigenvalue weighted by molar-refractivity contribution is 5.95. The maximum Gasteiger partial charge on any atom is 0.293 e. The van der Waals surface area contributed by atoms with Gasteiger partial charge in [-0.15, -0.1) is 0 Å². The lowest BCUT2D eigenvalue weighted by atomic mass is 10.1. The summed E-state index contributed by atoms with van der Waals surface area (Å²) in [6, 6.07) is 5.02. The summed E-state index contributed by atoms with van der Waals surface area (Å²) in [6.07, 6.45) is 8.80. The number of carbonyl (C=O) groups excluding carboxylic acids is 1. The fourth-order valence-electron chi connectivity index (χ4n) is 3.84. The molecule has 0 spiro atoms. The number of anilines is 1. The SMILES string of the molecule is O=C(c1ccc(N2CCCCCC2)c([N+](=O)[O-])c1)N1CCCCCC1. The second kappa shape index (κ2) is 8.32. The van der Waals surface area contributed by atoms with Crippen molar-refractivity contribution in [3.63, 3.8) is 0 Å². The Bertz CT molecular complexity index is 616. The Morgan fingerprint density at radius 3 is 2.00 bits per heavy atom. The van der Waals surface area contributed by atoms with E-state index in [9.17, 15) is 14.9 Å². The molecular formula is C19H27N3O3. The van der Waals surface area contributed by atoms with E-state index in [2.05, 4.69) is 4.90 Å². The third-order valence-electron chi connectivity index (χ3n) is 5.26. The summed E-state index contributed by atoms with van der Waals surface area (Å²) in [7, 11) is 0. The van der Waals surface area contributed by atoms with Crippen LogP contribution in [0.3, 0.4) is 0 Å². The van der Waals surface area contributed by atoms with E-state index in [0.717, 1.165) is 64.7 Å². The van der Waals surface area contributed by atoms with Crippen LogP contribution in [0.15, 0.2) is 18.2 Å². The minimum Gasteiger partial charge on any atom is -0.366 e.